The van der Waals surface area contributed by atoms with E-state index in [1.54, 1.807) is 24.8 Å². The van der Waals surface area contributed by atoms with Crippen LogP contribution in [-0.4, -0.2) is 43.8 Å². The molecule has 1 saturated heterocycles. The molecular formula is C27H25N5O. The van der Waals surface area contributed by atoms with Crippen molar-refractivity contribution in [2.24, 2.45) is 0 Å². The van der Waals surface area contributed by atoms with E-state index in [4.69, 9.17) is 4.98 Å². The highest BCUT2D eigenvalue weighted by Crippen LogP contribution is 2.28. The van der Waals surface area contributed by atoms with Gasteiger partial charge < -0.3 is 4.90 Å². The summed E-state index contributed by atoms with van der Waals surface area (Å²) in [5, 5.41) is 0. The van der Waals surface area contributed by atoms with Gasteiger partial charge in [0.15, 0.2) is 0 Å². The monoisotopic (exact) mass is 435 g/mol. The number of rotatable bonds is 5. The number of carbonyl (C=O) groups is 1. The van der Waals surface area contributed by atoms with Crippen molar-refractivity contribution in [2.75, 3.05) is 13.1 Å². The Kier molecular flexibility index (Phi) is 6.15. The van der Waals surface area contributed by atoms with Crippen LogP contribution in [0.1, 0.15) is 46.1 Å². The normalized spacial score (nSPS) is 14.2. The van der Waals surface area contributed by atoms with Crippen LogP contribution in [0.2, 0.25) is 0 Å². The van der Waals surface area contributed by atoms with Crippen LogP contribution in [0.25, 0.3) is 11.1 Å². The number of hydrogen-bond acceptors (Lipinski definition) is 5. The average Bonchev–Trinajstić information content (AvgIpc) is 2.90. The first kappa shape index (κ1) is 20.9. The Balaban J connectivity index is 1.23. The largest absolute Gasteiger partial charge is 0.339 e. The Labute approximate surface area is 193 Å². The van der Waals surface area contributed by atoms with E-state index in [-0.39, 0.29) is 5.91 Å². The van der Waals surface area contributed by atoms with Gasteiger partial charge in [0.2, 0.25) is 0 Å². The lowest BCUT2D eigenvalue weighted by atomic mass is 9.92. The number of piperidine rings is 1. The van der Waals surface area contributed by atoms with Crippen molar-refractivity contribution in [3.63, 3.8) is 0 Å². The zero-order valence-electron chi connectivity index (χ0n) is 18.3. The molecule has 6 heteroatoms. The van der Waals surface area contributed by atoms with E-state index >= 15 is 0 Å². The van der Waals surface area contributed by atoms with Crippen LogP contribution in [0, 0.1) is 0 Å². The van der Waals surface area contributed by atoms with Crippen molar-refractivity contribution in [1.29, 1.82) is 0 Å². The molecule has 0 N–H and O–H groups in total. The molecule has 0 spiro atoms. The first-order valence-corrected chi connectivity index (χ1v) is 11.3. The minimum Gasteiger partial charge on any atom is -0.339 e. The maximum Gasteiger partial charge on any atom is 0.255 e. The number of likely N-dealkylation sites (tertiary alicyclic amines) is 1. The summed E-state index contributed by atoms with van der Waals surface area (Å²) in [6.07, 6.45) is 11.0. The SMILES string of the molecule is O=C(c1cncc(-c2cncnc2)c1)N1CCC(c2cccc(Cc3ccccc3)n2)CC1. The fourth-order valence-electron chi connectivity index (χ4n) is 4.35. The number of hydrogen-bond donors (Lipinski definition) is 0. The van der Waals surface area contributed by atoms with Crippen LogP contribution < -0.4 is 0 Å². The second-order valence-corrected chi connectivity index (χ2v) is 8.37. The van der Waals surface area contributed by atoms with E-state index in [1.165, 1.54) is 11.9 Å². The third kappa shape index (κ3) is 4.95. The molecule has 0 radical (unpaired) electrons. The van der Waals surface area contributed by atoms with Gasteiger partial charge in [0.25, 0.3) is 5.91 Å². The summed E-state index contributed by atoms with van der Waals surface area (Å²) in [7, 11) is 0. The van der Waals surface area contributed by atoms with Crippen molar-refractivity contribution < 1.29 is 4.79 Å². The van der Waals surface area contributed by atoms with Gasteiger partial charge in [-0.25, -0.2) is 9.97 Å². The van der Waals surface area contributed by atoms with Crippen LogP contribution in [0.3, 0.4) is 0 Å². The van der Waals surface area contributed by atoms with Gasteiger partial charge in [0, 0.05) is 72.7 Å². The van der Waals surface area contributed by atoms with Crippen molar-refractivity contribution >= 4 is 5.91 Å². The number of aromatic nitrogens is 4. The Bertz CT molecular complexity index is 1220. The van der Waals surface area contributed by atoms with Gasteiger partial charge in [-0.05, 0) is 36.6 Å². The van der Waals surface area contributed by atoms with Crippen LogP contribution >= 0.6 is 0 Å². The maximum atomic E-state index is 13.1. The number of pyridine rings is 2. The molecule has 33 heavy (non-hydrogen) atoms. The van der Waals surface area contributed by atoms with Gasteiger partial charge in [0.05, 0.1) is 5.56 Å². The van der Waals surface area contributed by atoms with Gasteiger partial charge >= 0.3 is 0 Å². The summed E-state index contributed by atoms with van der Waals surface area (Å²) < 4.78 is 0. The zero-order valence-corrected chi connectivity index (χ0v) is 18.3. The number of benzene rings is 1. The van der Waals surface area contributed by atoms with Crippen LogP contribution in [0.4, 0.5) is 0 Å². The molecule has 0 atom stereocenters. The minimum absolute atomic E-state index is 0.0189. The van der Waals surface area contributed by atoms with Crippen LogP contribution in [-0.2, 0) is 6.42 Å². The fraction of sp³-hybridized carbons (Fsp3) is 0.222. The first-order chi connectivity index (χ1) is 16.3. The molecule has 1 fully saturated rings. The summed E-state index contributed by atoms with van der Waals surface area (Å²) in [6.45, 7) is 1.43. The lowest BCUT2D eigenvalue weighted by molar-refractivity contribution is 0.0711. The summed E-state index contributed by atoms with van der Waals surface area (Å²) in [5.74, 6) is 0.390. The Morgan fingerprint density at radius 2 is 1.61 bits per heavy atom. The van der Waals surface area contributed by atoms with E-state index in [0.29, 0.717) is 24.6 Å². The molecule has 5 rings (SSSR count). The Morgan fingerprint density at radius 3 is 2.39 bits per heavy atom. The predicted molar refractivity (Wildman–Crippen MR) is 127 cm³/mol. The van der Waals surface area contributed by atoms with Crippen molar-refractivity contribution in [3.8, 4) is 11.1 Å². The van der Waals surface area contributed by atoms with E-state index in [9.17, 15) is 4.79 Å². The maximum absolute atomic E-state index is 13.1. The lowest BCUT2D eigenvalue weighted by Crippen LogP contribution is -2.38. The van der Waals surface area contributed by atoms with Gasteiger partial charge in [-0.15, -0.1) is 0 Å². The molecule has 164 valence electrons. The molecule has 1 aliphatic heterocycles. The smallest absolute Gasteiger partial charge is 0.255 e. The van der Waals surface area contributed by atoms with Gasteiger partial charge in [-0.3, -0.25) is 14.8 Å². The molecule has 0 saturated carbocycles. The Hall–Kier alpha value is -3.93. The number of carbonyl (C=O) groups excluding carboxylic acids is 1. The topological polar surface area (TPSA) is 71.9 Å². The standard InChI is InChI=1S/C27H25N5O/c33-27(23-14-22(15-28-16-23)24-17-29-19-30-18-24)32-11-9-21(10-12-32)26-8-4-7-25(31-26)13-20-5-2-1-3-6-20/h1-8,14-19,21H,9-13H2. The second-order valence-electron chi connectivity index (χ2n) is 8.37. The second kappa shape index (κ2) is 9.69. The highest BCUT2D eigenvalue weighted by atomic mass is 16.2. The van der Waals surface area contributed by atoms with E-state index in [2.05, 4.69) is 57.4 Å². The minimum atomic E-state index is 0.0189. The number of nitrogens with zero attached hydrogens (tertiary/aromatic N) is 5. The Morgan fingerprint density at radius 1 is 0.848 bits per heavy atom. The average molecular weight is 436 g/mol. The zero-order chi connectivity index (χ0) is 22.5. The van der Waals surface area contributed by atoms with Crippen molar-refractivity contribution in [3.05, 3.63) is 108 Å². The van der Waals surface area contributed by atoms with E-state index in [1.807, 2.05) is 17.0 Å². The summed E-state index contributed by atoms with van der Waals surface area (Å²) in [6, 6.07) is 18.6. The molecule has 0 unspecified atom stereocenters. The van der Waals surface area contributed by atoms with E-state index in [0.717, 1.165) is 41.8 Å². The predicted octanol–water partition coefficient (Wildman–Crippen LogP) is 4.54. The third-order valence-electron chi connectivity index (χ3n) is 6.14. The fourth-order valence-corrected chi connectivity index (χ4v) is 4.35. The van der Waals surface area contributed by atoms with Gasteiger partial charge in [0.1, 0.15) is 6.33 Å². The molecule has 4 heterocycles. The molecular weight excluding hydrogens is 410 g/mol. The highest BCUT2D eigenvalue weighted by Gasteiger charge is 2.26. The lowest BCUT2D eigenvalue weighted by Gasteiger charge is -2.32. The van der Waals surface area contributed by atoms with Gasteiger partial charge in [-0.2, -0.15) is 0 Å². The summed E-state index contributed by atoms with van der Waals surface area (Å²) >= 11 is 0. The molecule has 3 aromatic heterocycles. The highest BCUT2D eigenvalue weighted by molar-refractivity contribution is 5.95. The van der Waals surface area contributed by atoms with Gasteiger partial charge in [-0.1, -0.05) is 36.4 Å². The first-order valence-electron chi connectivity index (χ1n) is 11.3. The number of amides is 1. The summed E-state index contributed by atoms with van der Waals surface area (Å²) in [5.41, 5.74) is 5.77. The van der Waals surface area contributed by atoms with Crippen molar-refractivity contribution in [2.45, 2.75) is 25.2 Å². The molecule has 1 aromatic carbocycles. The molecule has 1 aliphatic rings. The molecule has 6 nitrogen and oxygen atoms in total. The third-order valence-corrected chi connectivity index (χ3v) is 6.14. The quantitative estimate of drug-likeness (QED) is 0.460. The van der Waals surface area contributed by atoms with Crippen LogP contribution in [0.15, 0.2) is 85.7 Å². The summed E-state index contributed by atoms with van der Waals surface area (Å²) in [4.78, 5) is 32.4. The van der Waals surface area contributed by atoms with E-state index < -0.39 is 0 Å². The molecule has 0 aliphatic carbocycles. The molecule has 1 amide bonds. The molecule has 0 bridgehead atoms. The van der Waals surface area contributed by atoms with Crippen molar-refractivity contribution in [1.82, 2.24) is 24.8 Å². The van der Waals surface area contributed by atoms with Crippen LogP contribution in [0.5, 0.6) is 0 Å². The molecule has 4 aromatic rings.